The highest BCUT2D eigenvalue weighted by Gasteiger charge is 2.28. The zero-order chi connectivity index (χ0) is 19.2. The smallest absolute Gasteiger partial charge is 0.315 e. The van der Waals surface area contributed by atoms with Gasteiger partial charge in [0.2, 0.25) is 0 Å². The first kappa shape index (κ1) is 19.6. The van der Waals surface area contributed by atoms with Crippen molar-refractivity contribution >= 4 is 17.6 Å². The van der Waals surface area contributed by atoms with Gasteiger partial charge in [0.25, 0.3) is 0 Å². The number of rotatable bonds is 6. The van der Waals surface area contributed by atoms with Crippen LogP contribution in [-0.4, -0.2) is 17.7 Å². The van der Waals surface area contributed by atoms with Crippen molar-refractivity contribution < 1.29 is 14.3 Å². The zero-order valence-corrected chi connectivity index (χ0v) is 15.8. The van der Waals surface area contributed by atoms with Crippen molar-refractivity contribution in [2.24, 2.45) is 5.92 Å². The van der Waals surface area contributed by atoms with E-state index in [0.717, 1.165) is 31.2 Å². The monoisotopic (exact) mass is 390 g/mol. The number of nitrogens with one attached hydrogen (secondary N) is 2. The Balaban J connectivity index is 1.63. The van der Waals surface area contributed by atoms with E-state index >= 15 is 0 Å². The molecule has 1 saturated carbocycles. The van der Waals surface area contributed by atoms with Crippen molar-refractivity contribution in [3.8, 4) is 0 Å². The molecule has 0 radical (unpaired) electrons. The minimum absolute atomic E-state index is 0.0697. The van der Waals surface area contributed by atoms with Crippen LogP contribution in [0.1, 0.15) is 49.0 Å². The van der Waals surface area contributed by atoms with Gasteiger partial charge in [-0.3, -0.25) is 0 Å². The standard InChI is InChI=1S/C21H24ClFN2O2/c22-16-9-5-8-15(12-16)20(14-6-1-2-7-14)25-21(27)24-13-19(26)17-10-3-4-11-18(17)23/h3-5,8-12,14,19-20,26H,1-2,6-7,13H2,(H2,24,25,27). The number of aliphatic hydroxyl groups excluding tert-OH is 1. The van der Waals surface area contributed by atoms with Crippen LogP contribution >= 0.6 is 11.6 Å². The number of urea groups is 1. The molecule has 2 atom stereocenters. The average molecular weight is 391 g/mol. The van der Waals surface area contributed by atoms with Crippen LogP contribution in [-0.2, 0) is 0 Å². The Kier molecular flexibility index (Phi) is 6.69. The molecule has 0 bridgehead atoms. The molecule has 27 heavy (non-hydrogen) atoms. The molecule has 0 spiro atoms. The third-order valence-corrected chi connectivity index (χ3v) is 5.32. The van der Waals surface area contributed by atoms with Crippen molar-refractivity contribution in [3.63, 3.8) is 0 Å². The summed E-state index contributed by atoms with van der Waals surface area (Å²) in [5, 5.41) is 16.4. The second-order valence-corrected chi connectivity index (χ2v) is 7.41. The molecule has 2 aromatic rings. The largest absolute Gasteiger partial charge is 0.386 e. The van der Waals surface area contributed by atoms with Gasteiger partial charge in [0.1, 0.15) is 5.82 Å². The Morgan fingerprint density at radius 3 is 2.63 bits per heavy atom. The first-order valence-electron chi connectivity index (χ1n) is 9.27. The third-order valence-electron chi connectivity index (χ3n) is 5.09. The van der Waals surface area contributed by atoms with Gasteiger partial charge in [-0.25, -0.2) is 9.18 Å². The number of carbonyl (C=O) groups is 1. The van der Waals surface area contributed by atoms with Gasteiger partial charge < -0.3 is 15.7 Å². The molecule has 6 heteroatoms. The molecule has 3 rings (SSSR count). The number of halogens is 2. The van der Waals surface area contributed by atoms with Crippen LogP contribution in [0.25, 0.3) is 0 Å². The predicted molar refractivity (Wildman–Crippen MR) is 104 cm³/mol. The highest BCUT2D eigenvalue weighted by molar-refractivity contribution is 6.30. The Hall–Kier alpha value is -2.11. The highest BCUT2D eigenvalue weighted by Crippen LogP contribution is 2.36. The predicted octanol–water partition coefficient (Wildman–Crippen LogP) is 4.74. The average Bonchev–Trinajstić information content (AvgIpc) is 3.19. The van der Waals surface area contributed by atoms with Gasteiger partial charge in [-0.2, -0.15) is 0 Å². The van der Waals surface area contributed by atoms with E-state index in [9.17, 15) is 14.3 Å². The molecule has 0 saturated heterocycles. The van der Waals surface area contributed by atoms with Crippen LogP contribution in [0.3, 0.4) is 0 Å². The lowest BCUT2D eigenvalue weighted by atomic mass is 9.92. The van der Waals surface area contributed by atoms with Crippen LogP contribution in [0, 0.1) is 11.7 Å². The molecule has 0 heterocycles. The van der Waals surface area contributed by atoms with Gasteiger partial charge in [-0.1, -0.05) is 54.8 Å². The lowest BCUT2D eigenvalue weighted by Crippen LogP contribution is -2.41. The molecule has 2 aromatic carbocycles. The van der Waals surface area contributed by atoms with Gasteiger partial charge in [-0.05, 0) is 42.5 Å². The first-order valence-corrected chi connectivity index (χ1v) is 9.64. The van der Waals surface area contributed by atoms with E-state index in [4.69, 9.17) is 11.6 Å². The molecule has 1 aliphatic carbocycles. The SMILES string of the molecule is O=C(NCC(O)c1ccccc1F)NC(c1cccc(Cl)c1)C1CCCC1. The summed E-state index contributed by atoms with van der Waals surface area (Å²) < 4.78 is 13.7. The molecule has 1 fully saturated rings. The second kappa shape index (κ2) is 9.20. The molecular weight excluding hydrogens is 367 g/mol. The molecular formula is C21H24ClFN2O2. The molecule has 144 valence electrons. The van der Waals surface area contributed by atoms with E-state index < -0.39 is 11.9 Å². The van der Waals surface area contributed by atoms with E-state index in [1.165, 1.54) is 12.1 Å². The fourth-order valence-corrected chi connectivity index (χ4v) is 3.90. The number of amides is 2. The van der Waals surface area contributed by atoms with Gasteiger partial charge in [0, 0.05) is 17.1 Å². The minimum atomic E-state index is -1.10. The summed E-state index contributed by atoms with van der Waals surface area (Å²) in [6.45, 7) is -0.0697. The Morgan fingerprint density at radius 2 is 1.93 bits per heavy atom. The van der Waals surface area contributed by atoms with Gasteiger partial charge in [-0.15, -0.1) is 0 Å². The number of carbonyl (C=O) groups excluding carboxylic acids is 1. The lowest BCUT2D eigenvalue weighted by Gasteiger charge is -2.26. The maximum Gasteiger partial charge on any atom is 0.315 e. The number of benzene rings is 2. The Bertz CT molecular complexity index is 780. The van der Waals surface area contributed by atoms with E-state index in [2.05, 4.69) is 10.6 Å². The van der Waals surface area contributed by atoms with Crippen LogP contribution < -0.4 is 10.6 Å². The highest BCUT2D eigenvalue weighted by atomic mass is 35.5. The Labute approximate surface area is 163 Å². The fraction of sp³-hybridized carbons (Fsp3) is 0.381. The minimum Gasteiger partial charge on any atom is -0.386 e. The molecule has 3 N–H and O–H groups in total. The topological polar surface area (TPSA) is 61.4 Å². The molecule has 0 aromatic heterocycles. The van der Waals surface area contributed by atoms with Crippen LogP contribution in [0.5, 0.6) is 0 Å². The van der Waals surface area contributed by atoms with Crippen molar-refractivity contribution in [1.82, 2.24) is 10.6 Å². The van der Waals surface area contributed by atoms with E-state index in [1.807, 2.05) is 24.3 Å². The summed E-state index contributed by atoms with van der Waals surface area (Å²) in [5.41, 5.74) is 1.14. The summed E-state index contributed by atoms with van der Waals surface area (Å²) >= 11 is 6.12. The third kappa shape index (κ3) is 5.21. The maximum absolute atomic E-state index is 13.7. The maximum atomic E-state index is 13.7. The number of hydrogen-bond acceptors (Lipinski definition) is 2. The molecule has 4 nitrogen and oxygen atoms in total. The molecule has 2 amide bonds. The van der Waals surface area contributed by atoms with E-state index in [1.54, 1.807) is 12.1 Å². The van der Waals surface area contributed by atoms with Crippen molar-refractivity contribution in [3.05, 3.63) is 70.5 Å². The summed E-state index contributed by atoms with van der Waals surface area (Å²) in [6, 6.07) is 13.0. The van der Waals surface area contributed by atoms with E-state index in [-0.39, 0.29) is 24.2 Å². The summed E-state index contributed by atoms with van der Waals surface area (Å²) in [4.78, 5) is 12.4. The number of aliphatic hydroxyl groups is 1. The lowest BCUT2D eigenvalue weighted by molar-refractivity contribution is 0.167. The number of hydrogen-bond donors (Lipinski definition) is 3. The van der Waals surface area contributed by atoms with E-state index in [0.29, 0.717) is 10.9 Å². The van der Waals surface area contributed by atoms with Crippen LogP contribution in [0.15, 0.2) is 48.5 Å². The van der Waals surface area contributed by atoms with Crippen molar-refractivity contribution in [2.75, 3.05) is 6.54 Å². The summed E-state index contributed by atoms with van der Waals surface area (Å²) in [5.74, 6) is -0.138. The normalized spacial score (nSPS) is 16.7. The van der Waals surface area contributed by atoms with Crippen LogP contribution in [0.4, 0.5) is 9.18 Å². The van der Waals surface area contributed by atoms with Crippen molar-refractivity contribution in [2.45, 2.75) is 37.8 Å². The quantitative estimate of drug-likeness (QED) is 0.667. The van der Waals surface area contributed by atoms with Crippen LogP contribution in [0.2, 0.25) is 5.02 Å². The van der Waals surface area contributed by atoms with Gasteiger partial charge >= 0.3 is 6.03 Å². The molecule has 0 aliphatic heterocycles. The fourth-order valence-electron chi connectivity index (χ4n) is 3.70. The first-order chi connectivity index (χ1) is 13.0. The van der Waals surface area contributed by atoms with Crippen molar-refractivity contribution in [1.29, 1.82) is 0 Å². The zero-order valence-electron chi connectivity index (χ0n) is 15.0. The summed E-state index contributed by atoms with van der Waals surface area (Å²) in [6.07, 6.45) is 3.30. The summed E-state index contributed by atoms with van der Waals surface area (Å²) in [7, 11) is 0. The van der Waals surface area contributed by atoms with Gasteiger partial charge in [0.15, 0.2) is 0 Å². The molecule has 2 unspecified atom stereocenters. The second-order valence-electron chi connectivity index (χ2n) is 6.97. The molecule has 1 aliphatic rings. The van der Waals surface area contributed by atoms with Gasteiger partial charge in [0.05, 0.1) is 12.1 Å². The Morgan fingerprint density at radius 1 is 1.19 bits per heavy atom.